The van der Waals surface area contributed by atoms with E-state index in [9.17, 15) is 13.2 Å². The zero-order valence-corrected chi connectivity index (χ0v) is 13.0. The predicted octanol–water partition coefficient (Wildman–Crippen LogP) is 0.0953. The summed E-state index contributed by atoms with van der Waals surface area (Å²) in [6.45, 7) is -0.0901. The Hall–Kier alpha value is -1.99. The number of nitriles is 1. The van der Waals surface area contributed by atoms with Crippen LogP contribution in [-0.2, 0) is 24.3 Å². The molecule has 1 heterocycles. The highest BCUT2D eigenvalue weighted by molar-refractivity contribution is 7.89. The van der Waals surface area contributed by atoms with Gasteiger partial charge in [-0.25, -0.2) is 17.9 Å². The van der Waals surface area contributed by atoms with Crippen LogP contribution in [0.4, 0.5) is 0 Å². The van der Waals surface area contributed by atoms with Crippen molar-refractivity contribution in [2.24, 2.45) is 0 Å². The van der Waals surface area contributed by atoms with Crippen molar-refractivity contribution < 1.29 is 27.8 Å². The number of nitrogens with zero attached hydrogens (tertiary/aromatic N) is 1. The summed E-state index contributed by atoms with van der Waals surface area (Å²) in [4.78, 5) is 10.5. The number of hydrogen-bond acceptors (Lipinski definition) is 6. The van der Waals surface area contributed by atoms with E-state index in [1.165, 1.54) is 18.2 Å². The highest BCUT2D eigenvalue weighted by Crippen LogP contribution is 2.18. The van der Waals surface area contributed by atoms with Gasteiger partial charge in [0.15, 0.2) is 0 Å². The fraction of sp³-hybridized carbons (Fsp3) is 0.429. The largest absolute Gasteiger partial charge is 0.480 e. The van der Waals surface area contributed by atoms with Crippen molar-refractivity contribution in [3.8, 4) is 6.07 Å². The molecule has 23 heavy (non-hydrogen) atoms. The summed E-state index contributed by atoms with van der Waals surface area (Å²) in [7, 11) is -3.95. The molecule has 0 aromatic heterocycles. The van der Waals surface area contributed by atoms with Crippen LogP contribution >= 0.6 is 0 Å². The van der Waals surface area contributed by atoms with Gasteiger partial charge in [0.2, 0.25) is 10.0 Å². The van der Waals surface area contributed by atoms with Crippen LogP contribution in [0.2, 0.25) is 0 Å². The van der Waals surface area contributed by atoms with E-state index in [0.29, 0.717) is 13.0 Å². The van der Waals surface area contributed by atoms with Crippen molar-refractivity contribution in [2.45, 2.75) is 23.5 Å². The van der Waals surface area contributed by atoms with Gasteiger partial charge >= 0.3 is 5.97 Å². The number of nitrogens with one attached hydrogen (secondary N) is 1. The Morgan fingerprint density at radius 1 is 1.48 bits per heavy atom. The second-order valence-electron chi connectivity index (χ2n) is 4.94. The molecule has 1 fully saturated rings. The number of carboxylic acids is 1. The van der Waals surface area contributed by atoms with Crippen molar-refractivity contribution in [1.29, 1.82) is 5.26 Å². The topological polar surface area (TPSA) is 126 Å². The smallest absolute Gasteiger partial charge is 0.329 e. The van der Waals surface area contributed by atoms with Crippen LogP contribution in [0.25, 0.3) is 0 Å². The Kier molecular flexibility index (Phi) is 5.68. The van der Waals surface area contributed by atoms with Crippen LogP contribution < -0.4 is 4.72 Å². The predicted molar refractivity (Wildman–Crippen MR) is 78.1 cm³/mol. The molecule has 0 bridgehead atoms. The summed E-state index contributed by atoms with van der Waals surface area (Å²) in [6.07, 6.45) is -0.232. The van der Waals surface area contributed by atoms with Crippen LogP contribution in [-0.4, -0.2) is 51.5 Å². The zero-order chi connectivity index (χ0) is 16.9. The SMILES string of the molecule is N#Cc1ccccc1S(=O)(=O)N[C@@H]1COCC[C@@H]1OCC(=O)O. The molecule has 1 aromatic rings. The van der Waals surface area contributed by atoms with Crippen LogP contribution in [0.1, 0.15) is 12.0 Å². The van der Waals surface area contributed by atoms with E-state index in [1.807, 2.05) is 6.07 Å². The van der Waals surface area contributed by atoms with Gasteiger partial charge in [-0.1, -0.05) is 12.1 Å². The number of carbonyl (C=O) groups is 1. The number of rotatable bonds is 6. The van der Waals surface area contributed by atoms with Crippen LogP contribution in [0.5, 0.6) is 0 Å². The van der Waals surface area contributed by atoms with Gasteiger partial charge in [0.05, 0.1) is 29.2 Å². The summed E-state index contributed by atoms with van der Waals surface area (Å²) in [5, 5.41) is 17.7. The Balaban J connectivity index is 2.17. The fourth-order valence-corrected chi connectivity index (χ4v) is 3.67. The third kappa shape index (κ3) is 4.49. The molecule has 0 spiro atoms. The van der Waals surface area contributed by atoms with Crippen molar-refractivity contribution >= 4 is 16.0 Å². The Morgan fingerprint density at radius 3 is 2.91 bits per heavy atom. The first-order valence-electron chi connectivity index (χ1n) is 6.86. The molecule has 1 aromatic carbocycles. The maximum Gasteiger partial charge on any atom is 0.329 e. The molecule has 1 aliphatic heterocycles. The van der Waals surface area contributed by atoms with Crippen LogP contribution in [0.3, 0.4) is 0 Å². The Bertz CT molecular complexity index is 712. The van der Waals surface area contributed by atoms with E-state index in [1.54, 1.807) is 6.07 Å². The maximum absolute atomic E-state index is 12.5. The zero-order valence-electron chi connectivity index (χ0n) is 12.1. The number of sulfonamides is 1. The minimum atomic E-state index is -3.95. The summed E-state index contributed by atoms with van der Waals surface area (Å²) >= 11 is 0. The normalized spacial score (nSPS) is 21.5. The quantitative estimate of drug-likeness (QED) is 0.752. The van der Waals surface area contributed by atoms with E-state index in [-0.39, 0.29) is 17.1 Å². The number of aliphatic carboxylic acids is 1. The number of carboxylic acid groups (broad SMARTS) is 1. The first-order valence-corrected chi connectivity index (χ1v) is 8.35. The van der Waals surface area contributed by atoms with Gasteiger partial charge in [0, 0.05) is 6.61 Å². The minimum absolute atomic E-state index is 0.0275. The van der Waals surface area contributed by atoms with Crippen molar-refractivity contribution in [2.75, 3.05) is 19.8 Å². The first kappa shape index (κ1) is 17.4. The van der Waals surface area contributed by atoms with E-state index in [0.717, 1.165) is 0 Å². The summed E-state index contributed by atoms with van der Waals surface area (Å²) in [5.74, 6) is -1.13. The van der Waals surface area contributed by atoms with Crippen molar-refractivity contribution in [3.63, 3.8) is 0 Å². The van der Waals surface area contributed by atoms with Gasteiger partial charge in [-0.05, 0) is 18.6 Å². The van der Waals surface area contributed by atoms with Gasteiger partial charge in [-0.3, -0.25) is 0 Å². The molecule has 0 radical (unpaired) electrons. The second-order valence-corrected chi connectivity index (χ2v) is 6.62. The lowest BCUT2D eigenvalue weighted by molar-refractivity contribution is -0.147. The highest BCUT2D eigenvalue weighted by Gasteiger charge is 2.32. The first-order chi connectivity index (χ1) is 10.9. The molecule has 0 aliphatic carbocycles. The van der Waals surface area contributed by atoms with Crippen LogP contribution in [0, 0.1) is 11.3 Å². The number of ether oxygens (including phenoxy) is 2. The molecule has 2 rings (SSSR count). The lowest BCUT2D eigenvalue weighted by Gasteiger charge is -2.31. The van der Waals surface area contributed by atoms with E-state index in [2.05, 4.69) is 4.72 Å². The molecule has 9 heteroatoms. The molecule has 1 aliphatic rings. The van der Waals surface area contributed by atoms with Crippen molar-refractivity contribution in [1.82, 2.24) is 4.72 Å². The van der Waals surface area contributed by atoms with Gasteiger partial charge in [0.25, 0.3) is 0 Å². The molecule has 0 unspecified atom stereocenters. The van der Waals surface area contributed by atoms with Gasteiger partial charge in [-0.2, -0.15) is 5.26 Å². The van der Waals surface area contributed by atoms with Gasteiger partial charge in [-0.15, -0.1) is 0 Å². The lowest BCUT2D eigenvalue weighted by Crippen LogP contribution is -2.50. The molecule has 124 valence electrons. The maximum atomic E-state index is 12.5. The van der Waals surface area contributed by atoms with E-state index >= 15 is 0 Å². The van der Waals surface area contributed by atoms with Gasteiger partial charge < -0.3 is 14.6 Å². The fourth-order valence-electron chi connectivity index (χ4n) is 2.26. The Morgan fingerprint density at radius 2 is 2.22 bits per heavy atom. The monoisotopic (exact) mass is 340 g/mol. The average Bonchev–Trinajstić information content (AvgIpc) is 2.53. The summed E-state index contributed by atoms with van der Waals surface area (Å²) in [6, 6.07) is 6.94. The van der Waals surface area contributed by atoms with E-state index in [4.69, 9.17) is 19.8 Å². The summed E-state index contributed by atoms with van der Waals surface area (Å²) in [5.41, 5.74) is 0.0275. The average molecular weight is 340 g/mol. The standard InChI is InChI=1S/C14H16N2O6S/c15-7-10-3-1-2-4-13(10)23(19,20)16-11-8-21-6-5-12(11)22-9-14(17)18/h1-4,11-12,16H,5-6,8-9H2,(H,17,18)/t11-,12+/m1/s1. The molecule has 2 N–H and O–H groups in total. The molecule has 1 saturated heterocycles. The minimum Gasteiger partial charge on any atom is -0.480 e. The number of hydrogen-bond donors (Lipinski definition) is 2. The highest BCUT2D eigenvalue weighted by atomic mass is 32.2. The molecular formula is C14H16N2O6S. The van der Waals surface area contributed by atoms with E-state index < -0.39 is 34.7 Å². The summed E-state index contributed by atoms with van der Waals surface area (Å²) < 4.78 is 37.8. The van der Waals surface area contributed by atoms with Crippen LogP contribution in [0.15, 0.2) is 29.2 Å². The molecule has 8 nitrogen and oxygen atoms in total. The lowest BCUT2D eigenvalue weighted by atomic mass is 10.1. The third-order valence-electron chi connectivity index (χ3n) is 3.32. The Labute approximate surface area is 133 Å². The third-order valence-corrected chi connectivity index (χ3v) is 4.87. The van der Waals surface area contributed by atoms with Gasteiger partial charge in [0.1, 0.15) is 12.7 Å². The van der Waals surface area contributed by atoms with Crippen molar-refractivity contribution in [3.05, 3.63) is 29.8 Å². The molecule has 2 atom stereocenters. The number of benzene rings is 1. The molecule has 0 amide bonds. The molecular weight excluding hydrogens is 324 g/mol. The molecule has 0 saturated carbocycles. The second kappa shape index (κ2) is 7.52.